The van der Waals surface area contributed by atoms with E-state index >= 15 is 0 Å². The lowest BCUT2D eigenvalue weighted by Crippen LogP contribution is -2.39. The molecule has 106 valence electrons. The molecular weight excluding hydrogens is 238 g/mol. The van der Waals surface area contributed by atoms with Gasteiger partial charge in [0.2, 0.25) is 5.89 Å². The molecule has 1 aromatic rings. The minimum absolute atomic E-state index is 0.135. The van der Waals surface area contributed by atoms with E-state index in [4.69, 9.17) is 15.2 Å². The summed E-state index contributed by atoms with van der Waals surface area (Å²) in [5.41, 5.74) is 6.29. The van der Waals surface area contributed by atoms with E-state index in [0.29, 0.717) is 0 Å². The van der Waals surface area contributed by atoms with Crippen LogP contribution in [0.4, 0.5) is 0 Å². The van der Waals surface area contributed by atoms with Crippen molar-refractivity contribution < 1.29 is 4.52 Å². The van der Waals surface area contributed by atoms with E-state index in [9.17, 15) is 0 Å². The third-order valence-electron chi connectivity index (χ3n) is 5.31. The van der Waals surface area contributed by atoms with Crippen LogP contribution in [0.3, 0.4) is 0 Å². The lowest BCUT2D eigenvalue weighted by molar-refractivity contribution is 0.256. The molecule has 0 aromatic carbocycles. The number of aromatic nitrogens is 2. The van der Waals surface area contributed by atoms with Gasteiger partial charge >= 0.3 is 0 Å². The van der Waals surface area contributed by atoms with Gasteiger partial charge in [-0.2, -0.15) is 4.98 Å². The summed E-state index contributed by atoms with van der Waals surface area (Å²) in [6, 6.07) is 0. The van der Waals surface area contributed by atoms with Crippen molar-refractivity contribution in [3.05, 3.63) is 11.7 Å². The fourth-order valence-electron chi connectivity index (χ4n) is 3.82. The summed E-state index contributed by atoms with van der Waals surface area (Å²) in [4.78, 5) is 4.73. The lowest BCUT2D eigenvalue weighted by Gasteiger charge is -2.30. The number of nitrogens with two attached hydrogens (primary N) is 1. The number of rotatable bonds is 3. The van der Waals surface area contributed by atoms with Crippen LogP contribution in [-0.4, -0.2) is 10.1 Å². The van der Waals surface area contributed by atoms with Gasteiger partial charge in [-0.05, 0) is 32.1 Å². The second-order valence-electron chi connectivity index (χ2n) is 6.48. The first-order valence-electron chi connectivity index (χ1n) is 7.82. The fraction of sp³-hybridized carbons (Fsp3) is 0.867. The molecule has 0 atom stereocenters. The Hall–Kier alpha value is -0.900. The molecule has 0 saturated heterocycles. The Balaban J connectivity index is 1.86. The van der Waals surface area contributed by atoms with Crippen LogP contribution in [0.15, 0.2) is 4.52 Å². The van der Waals surface area contributed by atoms with Crippen molar-refractivity contribution >= 4 is 0 Å². The van der Waals surface area contributed by atoms with Crippen LogP contribution in [0, 0.1) is 0 Å². The first-order valence-corrected chi connectivity index (χ1v) is 7.82. The molecule has 0 bridgehead atoms. The Bertz CT molecular complexity index is 428. The van der Waals surface area contributed by atoms with E-state index < -0.39 is 0 Å². The Morgan fingerprint density at radius 1 is 1.05 bits per heavy atom. The predicted molar refractivity (Wildman–Crippen MR) is 73.7 cm³/mol. The molecule has 4 heteroatoms. The van der Waals surface area contributed by atoms with E-state index in [1.807, 2.05) is 0 Å². The molecule has 1 heterocycles. The third-order valence-corrected chi connectivity index (χ3v) is 5.31. The van der Waals surface area contributed by atoms with Crippen molar-refractivity contribution in [1.29, 1.82) is 0 Å². The van der Waals surface area contributed by atoms with E-state index in [1.54, 1.807) is 0 Å². The van der Waals surface area contributed by atoms with Gasteiger partial charge in [0.05, 0.1) is 5.54 Å². The molecule has 2 N–H and O–H groups in total. The van der Waals surface area contributed by atoms with Crippen LogP contribution in [-0.2, 0) is 11.0 Å². The van der Waals surface area contributed by atoms with Gasteiger partial charge in [-0.25, -0.2) is 0 Å². The summed E-state index contributed by atoms with van der Waals surface area (Å²) < 4.78 is 5.62. The molecule has 2 aliphatic rings. The second-order valence-corrected chi connectivity index (χ2v) is 6.48. The molecule has 0 radical (unpaired) electrons. The van der Waals surface area contributed by atoms with Crippen LogP contribution in [0.1, 0.15) is 82.8 Å². The van der Waals surface area contributed by atoms with E-state index in [-0.39, 0.29) is 11.0 Å². The molecule has 2 saturated carbocycles. The van der Waals surface area contributed by atoms with Gasteiger partial charge in [0, 0.05) is 5.41 Å². The summed E-state index contributed by atoms with van der Waals surface area (Å²) >= 11 is 0. The zero-order valence-electron chi connectivity index (χ0n) is 12.0. The maximum atomic E-state index is 6.49. The summed E-state index contributed by atoms with van der Waals surface area (Å²) in [7, 11) is 0. The van der Waals surface area contributed by atoms with Crippen molar-refractivity contribution in [3.8, 4) is 0 Å². The molecule has 0 spiro atoms. The number of nitrogens with zero attached hydrogens (tertiary/aromatic N) is 2. The average molecular weight is 263 g/mol. The summed E-state index contributed by atoms with van der Waals surface area (Å²) in [6.07, 6.45) is 11.6. The van der Waals surface area contributed by atoms with Gasteiger partial charge in [0.1, 0.15) is 0 Å². The molecular formula is C15H25N3O. The smallest absolute Gasteiger partial charge is 0.232 e. The van der Waals surface area contributed by atoms with Crippen LogP contribution in [0.5, 0.6) is 0 Å². The summed E-state index contributed by atoms with van der Waals surface area (Å²) in [5.74, 6) is 1.60. The van der Waals surface area contributed by atoms with Gasteiger partial charge < -0.3 is 10.3 Å². The highest BCUT2D eigenvalue weighted by Gasteiger charge is 2.41. The Kier molecular flexibility index (Phi) is 3.37. The monoisotopic (exact) mass is 263 g/mol. The fourth-order valence-corrected chi connectivity index (χ4v) is 3.82. The number of hydrogen-bond donors (Lipinski definition) is 1. The van der Waals surface area contributed by atoms with E-state index in [1.165, 1.54) is 44.9 Å². The van der Waals surface area contributed by atoms with Crippen molar-refractivity contribution in [1.82, 2.24) is 10.1 Å². The van der Waals surface area contributed by atoms with Crippen molar-refractivity contribution in [2.24, 2.45) is 5.73 Å². The first-order chi connectivity index (χ1) is 9.19. The Morgan fingerprint density at radius 2 is 1.68 bits per heavy atom. The molecule has 0 aliphatic heterocycles. The van der Waals surface area contributed by atoms with Crippen molar-refractivity contribution in [2.75, 3.05) is 0 Å². The van der Waals surface area contributed by atoms with Gasteiger partial charge in [-0.15, -0.1) is 0 Å². The zero-order chi connectivity index (χ0) is 13.3. The van der Waals surface area contributed by atoms with Crippen molar-refractivity contribution in [3.63, 3.8) is 0 Å². The highest BCUT2D eigenvalue weighted by Crippen LogP contribution is 2.43. The highest BCUT2D eigenvalue weighted by atomic mass is 16.5. The molecule has 2 aliphatic carbocycles. The van der Waals surface area contributed by atoms with E-state index in [0.717, 1.165) is 31.0 Å². The normalized spacial score (nSPS) is 25.6. The SMILES string of the molecule is CCC1(c2nc(C3(N)CCCCC3)no2)CCCC1. The van der Waals surface area contributed by atoms with Gasteiger partial charge in [-0.1, -0.05) is 44.2 Å². The van der Waals surface area contributed by atoms with Crippen molar-refractivity contribution in [2.45, 2.75) is 82.1 Å². The largest absolute Gasteiger partial charge is 0.339 e. The van der Waals surface area contributed by atoms with Gasteiger partial charge in [0.15, 0.2) is 5.82 Å². The maximum absolute atomic E-state index is 6.49. The maximum Gasteiger partial charge on any atom is 0.232 e. The van der Waals surface area contributed by atoms with Gasteiger partial charge in [0.25, 0.3) is 0 Å². The van der Waals surface area contributed by atoms with E-state index in [2.05, 4.69) is 12.1 Å². The Labute approximate surface area is 115 Å². The number of hydrogen-bond acceptors (Lipinski definition) is 4. The van der Waals surface area contributed by atoms with Gasteiger partial charge in [-0.3, -0.25) is 0 Å². The standard InChI is InChI=1S/C15H25N3O/c1-2-14(8-6-7-9-14)13-17-12(18-19-13)15(16)10-4-3-5-11-15/h2-11,16H2,1H3. The molecule has 4 nitrogen and oxygen atoms in total. The van der Waals surface area contributed by atoms with Crippen LogP contribution >= 0.6 is 0 Å². The predicted octanol–water partition coefficient (Wildman–Crippen LogP) is 3.41. The summed E-state index contributed by atoms with van der Waals surface area (Å²) in [5, 5.41) is 4.24. The summed E-state index contributed by atoms with van der Waals surface area (Å²) in [6.45, 7) is 2.23. The topological polar surface area (TPSA) is 64.9 Å². The average Bonchev–Trinajstić information content (AvgIpc) is 3.09. The molecule has 1 aromatic heterocycles. The minimum atomic E-state index is -0.340. The Morgan fingerprint density at radius 3 is 2.32 bits per heavy atom. The van der Waals surface area contributed by atoms with Crippen LogP contribution < -0.4 is 5.73 Å². The third kappa shape index (κ3) is 2.20. The zero-order valence-corrected chi connectivity index (χ0v) is 12.0. The molecule has 0 amide bonds. The lowest BCUT2D eigenvalue weighted by atomic mass is 9.81. The first kappa shape index (κ1) is 13.1. The quantitative estimate of drug-likeness (QED) is 0.907. The van der Waals surface area contributed by atoms with Crippen LogP contribution in [0.2, 0.25) is 0 Å². The van der Waals surface area contributed by atoms with Crippen LogP contribution in [0.25, 0.3) is 0 Å². The molecule has 19 heavy (non-hydrogen) atoms. The molecule has 2 fully saturated rings. The highest BCUT2D eigenvalue weighted by molar-refractivity contribution is 5.12. The minimum Gasteiger partial charge on any atom is -0.339 e. The molecule has 3 rings (SSSR count). The molecule has 0 unspecified atom stereocenters. The second kappa shape index (κ2) is 4.89.